The summed E-state index contributed by atoms with van der Waals surface area (Å²) in [6, 6.07) is 0. The van der Waals surface area contributed by atoms with Gasteiger partial charge in [-0.25, -0.2) is 0 Å². The molecule has 0 fully saturated rings. The summed E-state index contributed by atoms with van der Waals surface area (Å²) < 4.78 is 2.25. The van der Waals surface area contributed by atoms with E-state index in [9.17, 15) is 0 Å². The van der Waals surface area contributed by atoms with Crippen LogP contribution in [0.2, 0.25) is 0 Å². The van der Waals surface area contributed by atoms with Crippen LogP contribution in [0.4, 0.5) is 0 Å². The first-order valence-corrected chi connectivity index (χ1v) is 6.28. The van der Waals surface area contributed by atoms with Gasteiger partial charge in [-0.05, 0) is 40.2 Å². The second kappa shape index (κ2) is 5.89. The fourth-order valence-electron chi connectivity index (χ4n) is 2.11. The average Bonchev–Trinajstić information content (AvgIpc) is 2.35. The van der Waals surface area contributed by atoms with Crippen molar-refractivity contribution in [3.8, 4) is 0 Å². The van der Waals surface area contributed by atoms with Gasteiger partial charge < -0.3 is 0 Å². The minimum absolute atomic E-state index is 0.820. The quantitative estimate of drug-likeness (QED) is 0.579. The Morgan fingerprint density at radius 1 is 1.06 bits per heavy atom. The van der Waals surface area contributed by atoms with Crippen molar-refractivity contribution in [2.24, 2.45) is 9.98 Å². The number of aliphatic imine (C=N–C) groups is 2. The van der Waals surface area contributed by atoms with Crippen LogP contribution in [0, 0.1) is 20.8 Å². The highest BCUT2D eigenvalue weighted by Gasteiger charge is 2.20. The molecule has 18 heavy (non-hydrogen) atoms. The summed E-state index contributed by atoms with van der Waals surface area (Å²) in [5.74, 6) is 0. The van der Waals surface area contributed by atoms with Gasteiger partial charge in [0.05, 0.1) is 5.71 Å². The van der Waals surface area contributed by atoms with Crippen molar-refractivity contribution in [2.75, 3.05) is 14.1 Å². The molecule has 0 aliphatic rings. The molecule has 1 aromatic rings. The molecular formula is C15H24N3+. The van der Waals surface area contributed by atoms with Crippen molar-refractivity contribution in [2.45, 2.75) is 41.2 Å². The number of hydrogen-bond donors (Lipinski definition) is 0. The number of pyridine rings is 1. The van der Waals surface area contributed by atoms with Crippen LogP contribution in [0.1, 0.15) is 36.2 Å². The maximum Gasteiger partial charge on any atom is 0.229 e. The van der Waals surface area contributed by atoms with Gasteiger partial charge in [0.2, 0.25) is 5.69 Å². The molecular weight excluding hydrogens is 222 g/mol. The molecule has 3 heteroatoms. The first-order valence-electron chi connectivity index (χ1n) is 6.28. The lowest BCUT2D eigenvalue weighted by molar-refractivity contribution is -0.683. The molecule has 0 aliphatic carbocycles. The molecule has 3 nitrogen and oxygen atoms in total. The van der Waals surface area contributed by atoms with Gasteiger partial charge in [0, 0.05) is 25.2 Å². The van der Waals surface area contributed by atoms with Crippen LogP contribution in [0.3, 0.4) is 0 Å². The zero-order valence-electron chi connectivity index (χ0n) is 12.6. The standard InChI is InChI=1S/C15H24N3/c1-10-8-18(9-11(2)16-6)15(14(5)17-7)13(4)12(10)3/h8H,9H2,1-7H3/q+1. The lowest BCUT2D eigenvalue weighted by atomic mass is 10.0. The Hall–Kier alpha value is -1.51. The minimum atomic E-state index is 0.820. The van der Waals surface area contributed by atoms with Gasteiger partial charge in [-0.3, -0.25) is 9.98 Å². The van der Waals surface area contributed by atoms with E-state index in [1.54, 1.807) is 0 Å². The molecule has 0 saturated carbocycles. The fraction of sp³-hybridized carbons (Fsp3) is 0.533. The third kappa shape index (κ3) is 2.84. The smallest absolute Gasteiger partial charge is 0.229 e. The third-order valence-electron chi connectivity index (χ3n) is 3.60. The van der Waals surface area contributed by atoms with E-state index in [-0.39, 0.29) is 0 Å². The lowest BCUT2D eigenvalue weighted by Gasteiger charge is -2.11. The molecule has 0 aliphatic heterocycles. The van der Waals surface area contributed by atoms with Gasteiger partial charge in [-0.2, -0.15) is 4.57 Å². The van der Waals surface area contributed by atoms with Crippen molar-refractivity contribution in [1.29, 1.82) is 0 Å². The van der Waals surface area contributed by atoms with E-state index in [4.69, 9.17) is 0 Å². The van der Waals surface area contributed by atoms with E-state index in [2.05, 4.69) is 55.4 Å². The normalized spacial score (nSPS) is 13.1. The summed E-state index contributed by atoms with van der Waals surface area (Å²) in [4.78, 5) is 8.59. The predicted octanol–water partition coefficient (Wildman–Crippen LogP) is 2.43. The van der Waals surface area contributed by atoms with Gasteiger partial charge in [-0.15, -0.1) is 0 Å². The maximum absolute atomic E-state index is 4.34. The molecule has 1 rings (SSSR count). The molecule has 0 bridgehead atoms. The van der Waals surface area contributed by atoms with Gasteiger partial charge >= 0.3 is 0 Å². The first-order chi connectivity index (χ1) is 8.42. The molecule has 0 N–H and O–H groups in total. The first kappa shape index (κ1) is 14.6. The summed E-state index contributed by atoms with van der Waals surface area (Å²) in [6.45, 7) is 11.4. The van der Waals surface area contributed by atoms with Gasteiger partial charge in [0.15, 0.2) is 12.7 Å². The molecule has 0 aromatic carbocycles. The molecule has 0 amide bonds. The van der Waals surface area contributed by atoms with Crippen molar-refractivity contribution in [3.05, 3.63) is 28.6 Å². The van der Waals surface area contributed by atoms with Crippen molar-refractivity contribution in [1.82, 2.24) is 0 Å². The number of aryl methyl sites for hydroxylation is 1. The Labute approximate surface area is 110 Å². The van der Waals surface area contributed by atoms with E-state index in [1.165, 1.54) is 22.4 Å². The third-order valence-corrected chi connectivity index (χ3v) is 3.60. The lowest BCUT2D eigenvalue weighted by Crippen LogP contribution is -2.44. The number of hydrogen-bond acceptors (Lipinski definition) is 2. The van der Waals surface area contributed by atoms with Gasteiger partial charge in [0.25, 0.3) is 0 Å². The zero-order valence-corrected chi connectivity index (χ0v) is 12.6. The maximum atomic E-state index is 4.34. The SMILES string of the molecule is CN=C(C)C[n+]1cc(C)c(C)c(C)c1C(C)=NC. The topological polar surface area (TPSA) is 28.6 Å². The van der Waals surface area contributed by atoms with Crippen LogP contribution in [-0.2, 0) is 6.54 Å². The van der Waals surface area contributed by atoms with Gasteiger partial charge in [0.1, 0.15) is 5.71 Å². The van der Waals surface area contributed by atoms with Crippen LogP contribution in [0.25, 0.3) is 0 Å². The Kier molecular flexibility index (Phi) is 4.76. The van der Waals surface area contributed by atoms with Crippen LogP contribution in [-0.4, -0.2) is 25.5 Å². The molecule has 0 atom stereocenters. The summed E-state index contributed by atoms with van der Waals surface area (Å²) in [5.41, 5.74) is 7.36. The average molecular weight is 246 g/mol. The minimum Gasteiger partial charge on any atom is -0.291 e. The second-order valence-electron chi connectivity index (χ2n) is 4.81. The van der Waals surface area contributed by atoms with E-state index >= 15 is 0 Å². The summed E-state index contributed by atoms with van der Waals surface area (Å²) in [7, 11) is 3.68. The highest BCUT2D eigenvalue weighted by atomic mass is 15.0. The summed E-state index contributed by atoms with van der Waals surface area (Å²) in [6.07, 6.45) is 2.20. The Bertz CT molecular complexity index is 511. The van der Waals surface area contributed by atoms with E-state index in [1.807, 2.05) is 14.1 Å². The molecule has 0 spiro atoms. The fourth-order valence-corrected chi connectivity index (χ4v) is 2.11. The zero-order chi connectivity index (χ0) is 13.9. The summed E-state index contributed by atoms with van der Waals surface area (Å²) in [5, 5.41) is 0. The van der Waals surface area contributed by atoms with Crippen LogP contribution in [0.15, 0.2) is 16.2 Å². The molecule has 0 radical (unpaired) electrons. The molecule has 1 aromatic heterocycles. The highest BCUT2D eigenvalue weighted by molar-refractivity contribution is 5.97. The van der Waals surface area contributed by atoms with Gasteiger partial charge in [-0.1, -0.05) is 0 Å². The highest BCUT2D eigenvalue weighted by Crippen LogP contribution is 2.14. The van der Waals surface area contributed by atoms with E-state index in [0.717, 1.165) is 18.0 Å². The van der Waals surface area contributed by atoms with Crippen molar-refractivity contribution < 1.29 is 4.57 Å². The van der Waals surface area contributed by atoms with Crippen LogP contribution in [0.5, 0.6) is 0 Å². The second-order valence-corrected chi connectivity index (χ2v) is 4.81. The van der Waals surface area contributed by atoms with E-state index < -0.39 is 0 Å². The molecule has 1 heterocycles. The number of rotatable bonds is 3. The van der Waals surface area contributed by atoms with Crippen molar-refractivity contribution >= 4 is 11.4 Å². The van der Waals surface area contributed by atoms with Crippen molar-refractivity contribution in [3.63, 3.8) is 0 Å². The van der Waals surface area contributed by atoms with Crippen LogP contribution < -0.4 is 4.57 Å². The summed E-state index contributed by atoms with van der Waals surface area (Å²) >= 11 is 0. The van der Waals surface area contributed by atoms with E-state index in [0.29, 0.717) is 0 Å². The largest absolute Gasteiger partial charge is 0.291 e. The Balaban J connectivity index is 3.49. The number of aromatic nitrogens is 1. The van der Waals surface area contributed by atoms with Crippen LogP contribution >= 0.6 is 0 Å². The monoisotopic (exact) mass is 246 g/mol. The molecule has 0 saturated heterocycles. The number of nitrogens with zero attached hydrogens (tertiary/aromatic N) is 3. The predicted molar refractivity (Wildman–Crippen MR) is 78.0 cm³/mol. The molecule has 98 valence electrons. The Morgan fingerprint density at radius 2 is 1.67 bits per heavy atom. The Morgan fingerprint density at radius 3 is 2.17 bits per heavy atom. The molecule has 0 unspecified atom stereocenters.